The van der Waals surface area contributed by atoms with E-state index in [9.17, 15) is 4.79 Å². The minimum absolute atomic E-state index is 0.0374. The Balaban J connectivity index is 1.68. The molecule has 1 aliphatic heterocycles. The van der Waals surface area contributed by atoms with Crippen molar-refractivity contribution in [2.45, 2.75) is 18.9 Å². The third-order valence-corrected chi connectivity index (χ3v) is 3.66. The molecular formula is C14H11N3O3. The van der Waals surface area contributed by atoms with Gasteiger partial charge in [-0.2, -0.15) is 4.98 Å². The highest BCUT2D eigenvalue weighted by atomic mass is 16.6. The normalized spacial score (nSPS) is 17.3. The van der Waals surface area contributed by atoms with Gasteiger partial charge in [-0.05, 0) is 29.1 Å². The topological polar surface area (TPSA) is 70.2 Å². The first kappa shape index (κ1) is 11.2. The highest BCUT2D eigenvalue weighted by Crippen LogP contribution is 2.34. The average molecular weight is 269 g/mol. The van der Waals surface area contributed by atoms with Gasteiger partial charge in [0.1, 0.15) is 0 Å². The zero-order chi connectivity index (χ0) is 13.5. The van der Waals surface area contributed by atoms with Crippen LogP contribution in [-0.2, 0) is 11.3 Å². The molecule has 4 rings (SSSR count). The van der Waals surface area contributed by atoms with E-state index < -0.39 is 0 Å². The molecule has 6 heteroatoms. The van der Waals surface area contributed by atoms with E-state index in [1.54, 1.807) is 0 Å². The molecule has 0 saturated carbocycles. The van der Waals surface area contributed by atoms with Crippen molar-refractivity contribution in [2.24, 2.45) is 0 Å². The maximum atomic E-state index is 12.2. The number of ether oxygens (including phenoxy) is 1. The van der Waals surface area contributed by atoms with Gasteiger partial charge >= 0.3 is 12.0 Å². The first-order valence-corrected chi connectivity index (χ1v) is 6.39. The molecule has 0 spiro atoms. The van der Waals surface area contributed by atoms with Gasteiger partial charge < -0.3 is 13.8 Å². The van der Waals surface area contributed by atoms with Gasteiger partial charge in [-0.25, -0.2) is 0 Å². The van der Waals surface area contributed by atoms with E-state index in [2.05, 4.69) is 25.3 Å². The van der Waals surface area contributed by atoms with Crippen LogP contribution >= 0.6 is 0 Å². The number of carbonyl (C=O) groups is 1. The van der Waals surface area contributed by atoms with Crippen molar-refractivity contribution >= 4 is 16.9 Å². The third kappa shape index (κ3) is 1.61. The molecular weight excluding hydrogens is 258 g/mol. The minimum Gasteiger partial charge on any atom is -0.388 e. The van der Waals surface area contributed by atoms with Crippen LogP contribution in [0, 0.1) is 0 Å². The van der Waals surface area contributed by atoms with Crippen molar-refractivity contribution in [3.63, 3.8) is 0 Å². The first-order chi connectivity index (χ1) is 9.83. The smallest absolute Gasteiger partial charge is 0.361 e. The number of benzene rings is 1. The molecule has 1 aromatic carbocycles. The Hall–Kier alpha value is -2.63. The van der Waals surface area contributed by atoms with Crippen LogP contribution in [0.3, 0.4) is 0 Å². The van der Waals surface area contributed by atoms with E-state index in [1.807, 2.05) is 24.3 Å². The summed E-state index contributed by atoms with van der Waals surface area (Å²) in [6.45, 7) is 0.814. The summed E-state index contributed by atoms with van der Waals surface area (Å²) in [6, 6.07) is 10.1. The summed E-state index contributed by atoms with van der Waals surface area (Å²) < 4.78 is 11.8. The Bertz CT molecular complexity index is 776. The van der Waals surface area contributed by atoms with Crippen LogP contribution in [0.5, 0.6) is 6.01 Å². The van der Waals surface area contributed by atoms with Gasteiger partial charge in [-0.15, -0.1) is 0 Å². The molecule has 0 radical (unpaired) electrons. The Morgan fingerprint density at radius 3 is 3.15 bits per heavy atom. The molecule has 3 heterocycles. The molecule has 6 nitrogen and oxygen atoms in total. The largest absolute Gasteiger partial charge is 0.388 e. The van der Waals surface area contributed by atoms with E-state index >= 15 is 0 Å². The van der Waals surface area contributed by atoms with Crippen molar-refractivity contribution in [2.75, 3.05) is 0 Å². The van der Waals surface area contributed by atoms with Crippen molar-refractivity contribution in [3.8, 4) is 6.01 Å². The number of hydrogen-bond donors (Lipinski definition) is 0. The van der Waals surface area contributed by atoms with Gasteiger partial charge in [0.2, 0.25) is 6.39 Å². The first-order valence-electron chi connectivity index (χ1n) is 6.39. The van der Waals surface area contributed by atoms with Gasteiger partial charge in [0.05, 0.1) is 5.92 Å². The maximum Gasteiger partial charge on any atom is 0.361 e. The van der Waals surface area contributed by atoms with Gasteiger partial charge in [0, 0.05) is 17.8 Å². The predicted octanol–water partition coefficient (Wildman–Crippen LogP) is 2.12. The summed E-state index contributed by atoms with van der Waals surface area (Å²) in [5, 5.41) is 4.63. The van der Waals surface area contributed by atoms with Gasteiger partial charge in [0.25, 0.3) is 0 Å². The number of para-hydroxylation sites is 1. The van der Waals surface area contributed by atoms with Crippen LogP contribution in [0.15, 0.2) is 41.2 Å². The van der Waals surface area contributed by atoms with Gasteiger partial charge in [0.15, 0.2) is 0 Å². The zero-order valence-corrected chi connectivity index (χ0v) is 10.5. The lowest BCUT2D eigenvalue weighted by molar-refractivity contribution is -0.136. The molecule has 2 aromatic heterocycles. The van der Waals surface area contributed by atoms with Gasteiger partial charge in [-0.1, -0.05) is 18.2 Å². The number of esters is 1. The summed E-state index contributed by atoms with van der Waals surface area (Å²) in [7, 11) is 0. The molecule has 1 aliphatic rings. The molecule has 0 amide bonds. The van der Waals surface area contributed by atoms with E-state index in [-0.39, 0.29) is 17.9 Å². The summed E-state index contributed by atoms with van der Waals surface area (Å²) in [5.74, 6) is -0.617. The van der Waals surface area contributed by atoms with Crippen molar-refractivity contribution in [3.05, 3.63) is 42.4 Å². The number of nitrogens with zero attached hydrogens (tertiary/aromatic N) is 3. The highest BCUT2D eigenvalue weighted by molar-refractivity contribution is 5.86. The second kappa shape index (κ2) is 4.19. The van der Waals surface area contributed by atoms with E-state index in [1.165, 1.54) is 0 Å². The molecule has 0 fully saturated rings. The van der Waals surface area contributed by atoms with Crippen LogP contribution in [-0.4, -0.2) is 20.7 Å². The highest BCUT2D eigenvalue weighted by Gasteiger charge is 2.32. The van der Waals surface area contributed by atoms with Crippen LogP contribution in [0.4, 0.5) is 0 Å². The van der Waals surface area contributed by atoms with Gasteiger partial charge in [-0.3, -0.25) is 4.79 Å². The quantitative estimate of drug-likeness (QED) is 0.666. The average Bonchev–Trinajstić information content (AvgIpc) is 3.13. The Kier molecular flexibility index (Phi) is 2.35. The lowest BCUT2D eigenvalue weighted by Gasteiger charge is -2.06. The molecule has 0 saturated heterocycles. The molecule has 1 unspecified atom stereocenters. The van der Waals surface area contributed by atoms with E-state index in [0.29, 0.717) is 0 Å². The minimum atomic E-state index is -0.340. The molecule has 1 atom stereocenters. The number of rotatable bonds is 2. The van der Waals surface area contributed by atoms with E-state index in [4.69, 9.17) is 4.74 Å². The molecule has 0 bridgehead atoms. The number of carbonyl (C=O) groups excluding carboxylic acids is 1. The summed E-state index contributed by atoms with van der Waals surface area (Å²) in [4.78, 5) is 15.9. The summed E-state index contributed by atoms with van der Waals surface area (Å²) >= 11 is 0. The molecule has 100 valence electrons. The molecule has 3 aromatic rings. The van der Waals surface area contributed by atoms with Crippen molar-refractivity contribution in [1.29, 1.82) is 0 Å². The standard InChI is InChI=1S/C14H11N3O3/c18-13(20-14-15-8-19-16-14)10-5-6-17-11-4-2-1-3-9(11)7-12(10)17/h1-4,7-8,10H,5-6H2. The Labute approximate surface area is 114 Å². The van der Waals surface area contributed by atoms with Crippen molar-refractivity contribution < 1.29 is 14.1 Å². The second-order valence-electron chi connectivity index (χ2n) is 4.76. The SMILES string of the molecule is O=C(Oc1ncon1)C1CCn2c1cc1ccccc12. The fourth-order valence-corrected chi connectivity index (χ4v) is 2.78. The maximum absolute atomic E-state index is 12.2. The Morgan fingerprint density at radius 2 is 2.30 bits per heavy atom. The fraction of sp³-hybridized carbons (Fsp3) is 0.214. The summed E-state index contributed by atoms with van der Waals surface area (Å²) in [6.07, 6.45) is 1.87. The molecule has 0 N–H and O–H groups in total. The second-order valence-corrected chi connectivity index (χ2v) is 4.76. The predicted molar refractivity (Wildman–Crippen MR) is 69.2 cm³/mol. The zero-order valence-electron chi connectivity index (χ0n) is 10.5. The number of fused-ring (bicyclic) bond motifs is 3. The molecule has 0 aliphatic carbocycles. The lowest BCUT2D eigenvalue weighted by Crippen LogP contribution is -2.17. The molecule has 20 heavy (non-hydrogen) atoms. The van der Waals surface area contributed by atoms with E-state index in [0.717, 1.165) is 36.0 Å². The van der Waals surface area contributed by atoms with Crippen LogP contribution in [0.25, 0.3) is 10.9 Å². The number of aromatic nitrogens is 3. The van der Waals surface area contributed by atoms with Crippen LogP contribution in [0.1, 0.15) is 18.0 Å². The van der Waals surface area contributed by atoms with Crippen LogP contribution in [0.2, 0.25) is 0 Å². The number of hydrogen-bond acceptors (Lipinski definition) is 5. The number of aryl methyl sites for hydroxylation is 1. The van der Waals surface area contributed by atoms with Crippen molar-refractivity contribution in [1.82, 2.24) is 14.7 Å². The Morgan fingerprint density at radius 1 is 1.40 bits per heavy atom. The fourth-order valence-electron chi connectivity index (χ4n) is 2.78. The lowest BCUT2D eigenvalue weighted by atomic mass is 10.0. The third-order valence-electron chi connectivity index (χ3n) is 3.66. The monoisotopic (exact) mass is 269 g/mol. The van der Waals surface area contributed by atoms with Crippen LogP contribution < -0.4 is 4.74 Å². The summed E-state index contributed by atoms with van der Waals surface area (Å²) in [5.41, 5.74) is 2.14.